The molecule has 90 valence electrons. The van der Waals surface area contributed by atoms with Crippen LogP contribution in [0, 0.1) is 11.8 Å². The summed E-state index contributed by atoms with van der Waals surface area (Å²) in [4.78, 5) is 4.10. The molecular formula is C14H24N2. The predicted octanol–water partition coefficient (Wildman–Crippen LogP) is 3.88. The van der Waals surface area contributed by atoms with Crippen LogP contribution in [0.5, 0.6) is 0 Å². The van der Waals surface area contributed by atoms with Gasteiger partial charge in [0, 0.05) is 18.9 Å². The molecule has 0 N–H and O–H groups in total. The van der Waals surface area contributed by atoms with Gasteiger partial charge in [-0.05, 0) is 18.3 Å². The lowest BCUT2D eigenvalue weighted by Gasteiger charge is -2.29. The van der Waals surface area contributed by atoms with Gasteiger partial charge in [0.25, 0.3) is 0 Å². The Hall–Kier alpha value is -0.790. The standard InChI is InChI=1S/C14H24N2/c1-2-13(14-6-4-3-5-7-14)8-10-16-11-9-15-12-16/h9,11-14H,2-8,10H2,1H3. The fraction of sp³-hybridized carbons (Fsp3) is 0.786. The number of nitrogens with zero attached hydrogens (tertiary/aromatic N) is 2. The Bertz CT molecular complexity index is 273. The number of rotatable bonds is 5. The number of aromatic nitrogens is 2. The average Bonchev–Trinajstić information content (AvgIpc) is 2.84. The van der Waals surface area contributed by atoms with Crippen LogP contribution in [0.15, 0.2) is 18.7 Å². The van der Waals surface area contributed by atoms with Crippen molar-refractivity contribution in [2.75, 3.05) is 0 Å². The van der Waals surface area contributed by atoms with E-state index < -0.39 is 0 Å². The summed E-state index contributed by atoms with van der Waals surface area (Å²) in [6.45, 7) is 3.50. The average molecular weight is 220 g/mol. The zero-order valence-corrected chi connectivity index (χ0v) is 10.4. The second-order valence-corrected chi connectivity index (χ2v) is 5.16. The third-order valence-electron chi connectivity index (χ3n) is 4.16. The summed E-state index contributed by atoms with van der Waals surface area (Å²) >= 11 is 0. The molecule has 1 unspecified atom stereocenters. The summed E-state index contributed by atoms with van der Waals surface area (Å²) in [7, 11) is 0. The van der Waals surface area contributed by atoms with Crippen LogP contribution in [0.2, 0.25) is 0 Å². The lowest BCUT2D eigenvalue weighted by atomic mass is 9.77. The van der Waals surface area contributed by atoms with E-state index >= 15 is 0 Å². The number of hydrogen-bond donors (Lipinski definition) is 0. The molecule has 0 aromatic carbocycles. The molecule has 0 spiro atoms. The van der Waals surface area contributed by atoms with Crippen LogP contribution in [0.3, 0.4) is 0 Å². The number of hydrogen-bond acceptors (Lipinski definition) is 1. The van der Waals surface area contributed by atoms with Crippen molar-refractivity contribution in [3.63, 3.8) is 0 Å². The van der Waals surface area contributed by atoms with Crippen molar-refractivity contribution >= 4 is 0 Å². The van der Waals surface area contributed by atoms with Gasteiger partial charge in [-0.2, -0.15) is 0 Å². The first-order valence-electron chi connectivity index (χ1n) is 6.86. The number of imidazole rings is 1. The maximum atomic E-state index is 4.10. The topological polar surface area (TPSA) is 17.8 Å². The van der Waals surface area contributed by atoms with Crippen LogP contribution in [-0.4, -0.2) is 9.55 Å². The molecule has 2 rings (SSSR count). The molecule has 1 aliphatic rings. The zero-order chi connectivity index (χ0) is 11.2. The van der Waals surface area contributed by atoms with Gasteiger partial charge in [-0.3, -0.25) is 0 Å². The lowest BCUT2D eigenvalue weighted by Crippen LogP contribution is -2.19. The molecule has 0 bridgehead atoms. The molecule has 0 saturated heterocycles. The molecule has 1 heterocycles. The smallest absolute Gasteiger partial charge is 0.0945 e. The van der Waals surface area contributed by atoms with Crippen LogP contribution < -0.4 is 0 Å². The van der Waals surface area contributed by atoms with Crippen molar-refractivity contribution < 1.29 is 0 Å². The van der Waals surface area contributed by atoms with Gasteiger partial charge >= 0.3 is 0 Å². The molecule has 16 heavy (non-hydrogen) atoms. The molecule has 1 aliphatic carbocycles. The third-order valence-corrected chi connectivity index (χ3v) is 4.16. The summed E-state index contributed by atoms with van der Waals surface area (Å²) < 4.78 is 2.21. The highest BCUT2D eigenvalue weighted by atomic mass is 15.0. The molecular weight excluding hydrogens is 196 g/mol. The molecule has 2 heteroatoms. The Kier molecular flexibility index (Phi) is 4.44. The minimum atomic E-state index is 0.933. The third kappa shape index (κ3) is 3.10. The zero-order valence-electron chi connectivity index (χ0n) is 10.4. The van der Waals surface area contributed by atoms with E-state index in [2.05, 4.69) is 22.7 Å². The van der Waals surface area contributed by atoms with Crippen molar-refractivity contribution in [3.8, 4) is 0 Å². The fourth-order valence-corrected chi connectivity index (χ4v) is 3.11. The summed E-state index contributed by atoms with van der Waals surface area (Å²) in [6.07, 6.45) is 15.9. The summed E-state index contributed by atoms with van der Waals surface area (Å²) in [6, 6.07) is 0. The largest absolute Gasteiger partial charge is 0.337 e. The second kappa shape index (κ2) is 6.07. The molecule has 0 amide bonds. The highest BCUT2D eigenvalue weighted by Crippen LogP contribution is 2.33. The summed E-state index contributed by atoms with van der Waals surface area (Å²) in [5, 5.41) is 0. The van der Waals surface area contributed by atoms with Gasteiger partial charge in [-0.15, -0.1) is 0 Å². The van der Waals surface area contributed by atoms with Crippen molar-refractivity contribution in [2.45, 2.75) is 58.4 Å². The predicted molar refractivity (Wildman–Crippen MR) is 67.2 cm³/mol. The van der Waals surface area contributed by atoms with Gasteiger partial charge in [0.2, 0.25) is 0 Å². The molecule has 1 saturated carbocycles. The SMILES string of the molecule is CCC(CCn1ccnc1)C1CCCCC1. The monoisotopic (exact) mass is 220 g/mol. The molecule has 0 radical (unpaired) electrons. The van der Waals surface area contributed by atoms with Gasteiger partial charge < -0.3 is 4.57 Å². The Labute approximate surface area is 99.1 Å². The van der Waals surface area contributed by atoms with Crippen molar-refractivity contribution in [2.24, 2.45) is 11.8 Å². The van der Waals surface area contributed by atoms with Gasteiger partial charge in [-0.1, -0.05) is 45.4 Å². The maximum Gasteiger partial charge on any atom is 0.0945 e. The van der Waals surface area contributed by atoms with Crippen LogP contribution >= 0.6 is 0 Å². The Morgan fingerprint density at radius 1 is 1.31 bits per heavy atom. The molecule has 2 nitrogen and oxygen atoms in total. The Balaban J connectivity index is 1.80. The van der Waals surface area contributed by atoms with Crippen LogP contribution in [0.4, 0.5) is 0 Å². The normalized spacial score (nSPS) is 19.8. The van der Waals surface area contributed by atoms with E-state index in [1.165, 1.54) is 44.9 Å². The van der Waals surface area contributed by atoms with E-state index in [0.29, 0.717) is 0 Å². The van der Waals surface area contributed by atoms with E-state index in [9.17, 15) is 0 Å². The van der Waals surface area contributed by atoms with Gasteiger partial charge in [0.15, 0.2) is 0 Å². The van der Waals surface area contributed by atoms with E-state index in [1.807, 2.05) is 12.5 Å². The van der Waals surface area contributed by atoms with Crippen molar-refractivity contribution in [1.82, 2.24) is 9.55 Å². The highest BCUT2D eigenvalue weighted by molar-refractivity contribution is 4.77. The summed E-state index contributed by atoms with van der Waals surface area (Å²) in [5.74, 6) is 1.94. The Morgan fingerprint density at radius 2 is 2.12 bits per heavy atom. The first kappa shape index (κ1) is 11.7. The van der Waals surface area contributed by atoms with Gasteiger partial charge in [0.1, 0.15) is 0 Å². The van der Waals surface area contributed by atoms with Gasteiger partial charge in [0.05, 0.1) is 6.33 Å². The first-order valence-corrected chi connectivity index (χ1v) is 6.86. The molecule has 1 atom stereocenters. The van der Waals surface area contributed by atoms with Crippen LogP contribution in [-0.2, 0) is 6.54 Å². The fourth-order valence-electron chi connectivity index (χ4n) is 3.11. The molecule has 1 aromatic rings. The molecule has 1 aromatic heterocycles. The van der Waals surface area contributed by atoms with Crippen LogP contribution in [0.25, 0.3) is 0 Å². The summed E-state index contributed by atoms with van der Waals surface area (Å²) in [5.41, 5.74) is 0. The minimum Gasteiger partial charge on any atom is -0.337 e. The molecule has 1 fully saturated rings. The lowest BCUT2D eigenvalue weighted by molar-refractivity contribution is 0.223. The highest BCUT2D eigenvalue weighted by Gasteiger charge is 2.21. The first-order chi connectivity index (χ1) is 7.90. The minimum absolute atomic E-state index is 0.933. The van der Waals surface area contributed by atoms with E-state index in [1.54, 1.807) is 0 Å². The van der Waals surface area contributed by atoms with Crippen LogP contribution in [0.1, 0.15) is 51.9 Å². The van der Waals surface area contributed by atoms with E-state index in [4.69, 9.17) is 0 Å². The van der Waals surface area contributed by atoms with Crippen molar-refractivity contribution in [3.05, 3.63) is 18.7 Å². The molecule has 0 aliphatic heterocycles. The number of aryl methyl sites for hydroxylation is 1. The maximum absolute atomic E-state index is 4.10. The van der Waals surface area contributed by atoms with Crippen molar-refractivity contribution in [1.29, 1.82) is 0 Å². The van der Waals surface area contributed by atoms with E-state index in [-0.39, 0.29) is 0 Å². The Morgan fingerprint density at radius 3 is 2.75 bits per heavy atom. The van der Waals surface area contributed by atoms with E-state index in [0.717, 1.165) is 18.4 Å². The quantitative estimate of drug-likeness (QED) is 0.736. The van der Waals surface area contributed by atoms with Gasteiger partial charge in [-0.25, -0.2) is 4.98 Å². The second-order valence-electron chi connectivity index (χ2n) is 5.16.